The molecular weight excluding hydrogens is 301 g/mol. The van der Waals surface area contributed by atoms with Crippen LogP contribution in [0.5, 0.6) is 0 Å². The highest BCUT2D eigenvalue weighted by atomic mass is 19.1. The first kappa shape index (κ1) is 14.8. The van der Waals surface area contributed by atoms with Crippen molar-refractivity contribution in [3.63, 3.8) is 0 Å². The highest BCUT2D eigenvalue weighted by Gasteiger charge is 2.25. The summed E-state index contributed by atoms with van der Waals surface area (Å²) in [6, 6.07) is 14.9. The average Bonchev–Trinajstić information content (AvgIpc) is 2.61. The Morgan fingerprint density at radius 1 is 0.958 bits per heavy atom. The van der Waals surface area contributed by atoms with E-state index in [0.717, 1.165) is 40.8 Å². The van der Waals surface area contributed by atoms with E-state index in [2.05, 4.69) is 11.1 Å². The highest BCUT2D eigenvalue weighted by molar-refractivity contribution is 5.84. The van der Waals surface area contributed by atoms with Gasteiger partial charge in [-0.2, -0.15) is 0 Å². The largest absolute Gasteiger partial charge is 0.383 e. The molecule has 0 bridgehead atoms. The second-order valence-corrected chi connectivity index (χ2v) is 6.02. The monoisotopic (exact) mass is 319 g/mol. The van der Waals surface area contributed by atoms with Gasteiger partial charge in [0.1, 0.15) is 11.6 Å². The van der Waals surface area contributed by atoms with Crippen LogP contribution in [0.1, 0.15) is 16.7 Å². The lowest BCUT2D eigenvalue weighted by Gasteiger charge is -2.25. The molecule has 0 fully saturated rings. The summed E-state index contributed by atoms with van der Waals surface area (Å²) in [5, 5.41) is 0. The fourth-order valence-corrected chi connectivity index (χ4v) is 3.57. The Balaban J connectivity index is 2.08. The topological polar surface area (TPSA) is 64.9 Å². The maximum Gasteiger partial charge on any atom is 0.131 e. The Morgan fingerprint density at radius 3 is 2.42 bits per heavy atom. The molecule has 0 saturated heterocycles. The molecule has 1 heterocycles. The number of nitrogens with two attached hydrogens (primary N) is 2. The smallest absolute Gasteiger partial charge is 0.131 e. The van der Waals surface area contributed by atoms with Crippen LogP contribution in [0.2, 0.25) is 0 Å². The van der Waals surface area contributed by atoms with Crippen LogP contribution in [0, 0.1) is 5.82 Å². The zero-order valence-corrected chi connectivity index (χ0v) is 13.2. The van der Waals surface area contributed by atoms with E-state index in [4.69, 9.17) is 11.5 Å². The van der Waals surface area contributed by atoms with E-state index < -0.39 is 0 Å². The number of aromatic nitrogens is 1. The van der Waals surface area contributed by atoms with Crippen molar-refractivity contribution < 1.29 is 4.39 Å². The molecule has 24 heavy (non-hydrogen) atoms. The molecule has 1 aromatic heterocycles. The predicted octanol–water partition coefficient (Wildman–Crippen LogP) is 3.69. The molecule has 0 atom stereocenters. The van der Waals surface area contributed by atoms with E-state index in [-0.39, 0.29) is 12.4 Å². The molecule has 4 heteroatoms. The fraction of sp³-hybridized carbons (Fsp3) is 0.150. The van der Waals surface area contributed by atoms with Gasteiger partial charge in [-0.3, -0.25) is 0 Å². The number of hydrogen-bond donors (Lipinski definition) is 2. The first-order valence-electron chi connectivity index (χ1n) is 8.05. The number of rotatable bonds is 2. The molecule has 4 rings (SSSR count). The third-order valence-corrected chi connectivity index (χ3v) is 4.69. The van der Waals surface area contributed by atoms with Gasteiger partial charge in [-0.25, -0.2) is 9.37 Å². The molecule has 0 aliphatic heterocycles. The lowest BCUT2D eigenvalue weighted by atomic mass is 9.83. The van der Waals surface area contributed by atoms with Crippen molar-refractivity contribution in [2.75, 3.05) is 5.73 Å². The maximum absolute atomic E-state index is 14.5. The minimum atomic E-state index is -0.265. The molecule has 1 aliphatic rings. The van der Waals surface area contributed by atoms with Crippen LogP contribution in [-0.2, 0) is 19.4 Å². The second-order valence-electron chi connectivity index (χ2n) is 6.02. The molecule has 3 nitrogen and oxygen atoms in total. The minimum absolute atomic E-state index is 0.234. The van der Waals surface area contributed by atoms with Gasteiger partial charge in [0.15, 0.2) is 0 Å². The zero-order valence-electron chi connectivity index (χ0n) is 13.2. The Labute approximate surface area is 140 Å². The Kier molecular flexibility index (Phi) is 3.54. The van der Waals surface area contributed by atoms with Crippen molar-refractivity contribution in [2.24, 2.45) is 5.73 Å². The van der Waals surface area contributed by atoms with Crippen molar-refractivity contribution in [2.45, 2.75) is 19.4 Å². The van der Waals surface area contributed by atoms with Gasteiger partial charge in [-0.1, -0.05) is 42.5 Å². The minimum Gasteiger partial charge on any atom is -0.383 e. The number of halogens is 1. The summed E-state index contributed by atoms with van der Waals surface area (Å²) in [4.78, 5) is 4.62. The fourth-order valence-electron chi connectivity index (χ4n) is 3.57. The van der Waals surface area contributed by atoms with Crippen LogP contribution in [0.3, 0.4) is 0 Å². The molecule has 3 aromatic rings. The van der Waals surface area contributed by atoms with E-state index >= 15 is 0 Å². The predicted molar refractivity (Wildman–Crippen MR) is 94.8 cm³/mol. The van der Waals surface area contributed by atoms with Gasteiger partial charge in [0.2, 0.25) is 0 Å². The van der Waals surface area contributed by atoms with Crippen molar-refractivity contribution in [1.29, 1.82) is 0 Å². The standard InChI is InChI=1S/C20H18FN3/c21-17-8-4-3-7-14(17)18-15-10-9-12-5-1-2-6-13(12)19(15)24-20(23)16(18)11-22/h1-8H,9-11,22H2,(H2,23,24). The van der Waals surface area contributed by atoms with E-state index in [0.29, 0.717) is 11.4 Å². The normalized spacial score (nSPS) is 12.6. The number of anilines is 1. The van der Waals surface area contributed by atoms with Crippen LogP contribution >= 0.6 is 0 Å². The Bertz CT molecular complexity index is 934. The molecule has 0 radical (unpaired) electrons. The van der Waals surface area contributed by atoms with E-state index in [1.807, 2.05) is 24.3 Å². The molecule has 0 amide bonds. The average molecular weight is 319 g/mol. The molecule has 1 aliphatic carbocycles. The SMILES string of the molecule is NCc1c(N)nc2c(c1-c1ccccc1F)CCc1ccccc1-2. The number of hydrogen-bond acceptors (Lipinski definition) is 3. The first-order chi connectivity index (χ1) is 11.7. The second kappa shape index (κ2) is 5.73. The number of fused-ring (bicyclic) bond motifs is 3. The van der Waals surface area contributed by atoms with Gasteiger partial charge >= 0.3 is 0 Å². The Hall–Kier alpha value is -2.72. The van der Waals surface area contributed by atoms with Gasteiger partial charge < -0.3 is 11.5 Å². The summed E-state index contributed by atoms with van der Waals surface area (Å²) in [6.45, 7) is 0.234. The third-order valence-electron chi connectivity index (χ3n) is 4.69. The number of pyridine rings is 1. The Morgan fingerprint density at radius 2 is 1.67 bits per heavy atom. The molecule has 4 N–H and O–H groups in total. The van der Waals surface area contributed by atoms with Gasteiger partial charge in [0.25, 0.3) is 0 Å². The van der Waals surface area contributed by atoms with E-state index in [1.165, 1.54) is 11.6 Å². The number of nitrogen functional groups attached to an aromatic ring is 1. The van der Waals surface area contributed by atoms with Gasteiger partial charge in [0.05, 0.1) is 5.69 Å². The van der Waals surface area contributed by atoms with Crippen LogP contribution in [-0.4, -0.2) is 4.98 Å². The summed E-state index contributed by atoms with van der Waals surface area (Å²) >= 11 is 0. The van der Waals surface area contributed by atoms with Crippen LogP contribution in [0.15, 0.2) is 48.5 Å². The van der Waals surface area contributed by atoms with E-state index in [1.54, 1.807) is 12.1 Å². The van der Waals surface area contributed by atoms with Crippen molar-refractivity contribution in [3.05, 3.63) is 71.0 Å². The molecular formula is C20H18FN3. The summed E-state index contributed by atoms with van der Waals surface area (Å²) in [6.07, 6.45) is 1.70. The summed E-state index contributed by atoms with van der Waals surface area (Å²) in [7, 11) is 0. The molecule has 120 valence electrons. The lowest BCUT2D eigenvalue weighted by Crippen LogP contribution is -2.14. The quantitative estimate of drug-likeness (QED) is 0.757. The molecule has 0 saturated carbocycles. The maximum atomic E-state index is 14.5. The van der Waals surface area contributed by atoms with Gasteiger partial charge in [-0.15, -0.1) is 0 Å². The number of aryl methyl sites for hydroxylation is 1. The third kappa shape index (κ3) is 2.19. The van der Waals surface area contributed by atoms with Crippen LogP contribution in [0.4, 0.5) is 10.2 Å². The molecule has 2 aromatic carbocycles. The van der Waals surface area contributed by atoms with Crippen molar-refractivity contribution >= 4 is 5.82 Å². The molecule has 0 spiro atoms. The highest BCUT2D eigenvalue weighted by Crippen LogP contribution is 2.41. The lowest BCUT2D eigenvalue weighted by molar-refractivity contribution is 0.631. The zero-order chi connectivity index (χ0) is 16.7. The summed E-state index contributed by atoms with van der Waals surface area (Å²) < 4.78 is 14.5. The first-order valence-corrected chi connectivity index (χ1v) is 8.05. The van der Waals surface area contributed by atoms with Gasteiger partial charge in [0, 0.05) is 23.2 Å². The summed E-state index contributed by atoms with van der Waals surface area (Å²) in [5.41, 5.74) is 18.4. The van der Waals surface area contributed by atoms with Crippen LogP contribution in [0.25, 0.3) is 22.4 Å². The van der Waals surface area contributed by atoms with Crippen LogP contribution < -0.4 is 11.5 Å². The number of nitrogens with zero attached hydrogens (tertiary/aromatic N) is 1. The van der Waals surface area contributed by atoms with Gasteiger partial charge in [-0.05, 0) is 35.6 Å². The van der Waals surface area contributed by atoms with Crippen molar-refractivity contribution in [1.82, 2.24) is 4.98 Å². The van der Waals surface area contributed by atoms with E-state index in [9.17, 15) is 4.39 Å². The number of benzene rings is 2. The summed E-state index contributed by atoms with van der Waals surface area (Å²) in [5.74, 6) is 0.116. The molecule has 0 unspecified atom stereocenters. The van der Waals surface area contributed by atoms with Crippen molar-refractivity contribution in [3.8, 4) is 22.4 Å².